The summed E-state index contributed by atoms with van der Waals surface area (Å²) in [5, 5.41) is 11.1. The van der Waals surface area contributed by atoms with Gasteiger partial charge in [-0.15, -0.1) is 21.5 Å². The number of carbonyl (C=O) groups excluding carboxylic acids is 1. The lowest BCUT2D eigenvalue weighted by atomic mass is 10.1. The van der Waals surface area contributed by atoms with Crippen molar-refractivity contribution in [3.63, 3.8) is 0 Å². The average Bonchev–Trinajstić information content (AvgIpc) is 3.44. The maximum absolute atomic E-state index is 13.0. The number of sulfonamides is 1. The third-order valence-electron chi connectivity index (χ3n) is 4.77. The molecule has 0 aliphatic rings. The Balaban J connectivity index is 1.56. The van der Waals surface area contributed by atoms with Crippen LogP contribution in [0.1, 0.15) is 22.8 Å². The monoisotopic (exact) mass is 498 g/mol. The Morgan fingerprint density at radius 1 is 1.06 bits per heavy atom. The minimum atomic E-state index is -3.37. The first-order valence-electron chi connectivity index (χ1n) is 10.1. The van der Waals surface area contributed by atoms with Gasteiger partial charge in [0.25, 0.3) is 0 Å². The number of hydrogen-bond acceptors (Lipinski definition) is 7. The number of thiophene rings is 1. The summed E-state index contributed by atoms with van der Waals surface area (Å²) in [7, 11) is -3.37. The van der Waals surface area contributed by atoms with E-state index in [4.69, 9.17) is 0 Å². The second-order valence-corrected chi connectivity index (χ2v) is 11.4. The molecule has 0 spiro atoms. The molecule has 1 N–H and O–H groups in total. The predicted molar refractivity (Wildman–Crippen MR) is 133 cm³/mol. The number of anilines is 1. The van der Waals surface area contributed by atoms with E-state index in [0.717, 1.165) is 22.5 Å². The number of carbonyl (C=O) groups is 1. The van der Waals surface area contributed by atoms with Crippen LogP contribution in [-0.4, -0.2) is 40.5 Å². The summed E-state index contributed by atoms with van der Waals surface area (Å²) < 4.78 is 27.2. The highest BCUT2D eigenvalue weighted by Crippen LogP contribution is 2.31. The average molecular weight is 499 g/mol. The van der Waals surface area contributed by atoms with E-state index < -0.39 is 15.3 Å². The van der Waals surface area contributed by atoms with E-state index >= 15 is 0 Å². The highest BCUT2D eigenvalue weighted by atomic mass is 32.2. The molecule has 4 aromatic rings. The molecule has 0 amide bonds. The smallest absolute Gasteiger partial charge is 0.229 e. The van der Waals surface area contributed by atoms with Gasteiger partial charge in [0.15, 0.2) is 16.8 Å². The van der Waals surface area contributed by atoms with Crippen molar-refractivity contribution >= 4 is 44.6 Å². The molecule has 2 aromatic heterocycles. The molecule has 33 heavy (non-hydrogen) atoms. The third-order valence-corrected chi connectivity index (χ3v) is 7.32. The zero-order valence-electron chi connectivity index (χ0n) is 18.0. The van der Waals surface area contributed by atoms with E-state index in [9.17, 15) is 13.2 Å². The summed E-state index contributed by atoms with van der Waals surface area (Å²) in [5.74, 6) is 0.699. The zero-order valence-corrected chi connectivity index (χ0v) is 20.5. The SMILES string of the molecule is CC(Sc1nnc(-c2cccs2)n1Cc1ccccc1)C(=O)c1ccc(NS(C)(=O)=O)cc1. The highest BCUT2D eigenvalue weighted by Gasteiger charge is 2.22. The van der Waals surface area contributed by atoms with Crippen LogP contribution in [0.15, 0.2) is 77.3 Å². The van der Waals surface area contributed by atoms with Gasteiger partial charge >= 0.3 is 0 Å². The maximum Gasteiger partial charge on any atom is 0.229 e. The number of rotatable bonds is 9. The predicted octanol–water partition coefficient (Wildman–Crippen LogP) is 4.79. The lowest BCUT2D eigenvalue weighted by molar-refractivity contribution is 0.0994. The Bertz CT molecular complexity index is 1330. The van der Waals surface area contributed by atoms with Crippen molar-refractivity contribution in [3.05, 3.63) is 83.2 Å². The summed E-state index contributed by atoms with van der Waals surface area (Å²) in [5.41, 5.74) is 2.03. The lowest BCUT2D eigenvalue weighted by Crippen LogP contribution is -2.15. The van der Waals surface area contributed by atoms with Crippen LogP contribution < -0.4 is 4.72 Å². The Kier molecular flexibility index (Phi) is 6.96. The Morgan fingerprint density at radius 2 is 1.79 bits per heavy atom. The van der Waals surface area contributed by atoms with Gasteiger partial charge in [-0.1, -0.05) is 48.2 Å². The van der Waals surface area contributed by atoms with Crippen LogP contribution in [0.5, 0.6) is 0 Å². The fraction of sp³-hybridized carbons (Fsp3) is 0.174. The number of benzene rings is 2. The molecule has 170 valence electrons. The fourth-order valence-electron chi connectivity index (χ4n) is 3.24. The first-order valence-corrected chi connectivity index (χ1v) is 13.7. The van der Waals surface area contributed by atoms with Crippen LogP contribution in [0.3, 0.4) is 0 Å². The second-order valence-electron chi connectivity index (χ2n) is 7.43. The van der Waals surface area contributed by atoms with E-state index in [1.807, 2.05) is 59.3 Å². The van der Waals surface area contributed by atoms with Gasteiger partial charge < -0.3 is 0 Å². The number of nitrogens with zero attached hydrogens (tertiary/aromatic N) is 3. The summed E-state index contributed by atoms with van der Waals surface area (Å²) >= 11 is 2.95. The number of Topliss-reactive ketones (excluding diaryl/α,β-unsaturated/α-hetero) is 1. The second kappa shape index (κ2) is 9.90. The van der Waals surface area contributed by atoms with Gasteiger partial charge in [-0.05, 0) is 48.2 Å². The largest absolute Gasteiger partial charge is 0.297 e. The van der Waals surface area contributed by atoms with Crippen molar-refractivity contribution in [2.45, 2.75) is 23.9 Å². The van der Waals surface area contributed by atoms with Gasteiger partial charge in [0.2, 0.25) is 10.0 Å². The first kappa shape index (κ1) is 23.2. The minimum absolute atomic E-state index is 0.0714. The van der Waals surface area contributed by atoms with Crippen molar-refractivity contribution < 1.29 is 13.2 Å². The van der Waals surface area contributed by atoms with Crippen molar-refractivity contribution in [1.82, 2.24) is 14.8 Å². The number of ketones is 1. The van der Waals surface area contributed by atoms with Gasteiger partial charge in [-0.25, -0.2) is 8.42 Å². The Labute approximate surface area is 200 Å². The molecule has 0 saturated carbocycles. The molecule has 7 nitrogen and oxygen atoms in total. The van der Waals surface area contributed by atoms with Crippen LogP contribution in [0.25, 0.3) is 10.7 Å². The maximum atomic E-state index is 13.0. The topological polar surface area (TPSA) is 93.9 Å². The van der Waals surface area contributed by atoms with E-state index in [0.29, 0.717) is 23.0 Å². The molecule has 0 fully saturated rings. The van der Waals surface area contributed by atoms with E-state index in [1.165, 1.54) is 11.8 Å². The van der Waals surface area contributed by atoms with E-state index in [-0.39, 0.29) is 5.78 Å². The molecule has 1 unspecified atom stereocenters. The number of hydrogen-bond donors (Lipinski definition) is 1. The van der Waals surface area contributed by atoms with Crippen LogP contribution >= 0.6 is 23.1 Å². The molecule has 4 rings (SSSR count). The number of thioether (sulfide) groups is 1. The molecule has 1 atom stereocenters. The molecule has 2 aromatic carbocycles. The van der Waals surface area contributed by atoms with Crippen molar-refractivity contribution in [1.29, 1.82) is 0 Å². The normalized spacial score (nSPS) is 12.4. The third kappa shape index (κ3) is 5.89. The van der Waals surface area contributed by atoms with Gasteiger partial charge in [0.05, 0.1) is 22.9 Å². The van der Waals surface area contributed by atoms with Gasteiger partial charge in [0.1, 0.15) is 0 Å². The first-order chi connectivity index (χ1) is 15.8. The standard InChI is InChI=1S/C23H22N4O3S3/c1-16(21(28)18-10-12-19(13-11-18)26-33(2,29)30)32-23-25-24-22(20-9-6-14-31-20)27(23)15-17-7-4-3-5-8-17/h3-14,16,26H,15H2,1-2H3. The highest BCUT2D eigenvalue weighted by molar-refractivity contribution is 8.00. The molecular weight excluding hydrogens is 476 g/mol. The number of nitrogens with one attached hydrogen (secondary N) is 1. The molecule has 0 bridgehead atoms. The number of aromatic nitrogens is 3. The molecule has 0 aliphatic carbocycles. The van der Waals surface area contributed by atoms with Crippen molar-refractivity contribution in [3.8, 4) is 10.7 Å². The zero-order chi connectivity index (χ0) is 23.4. The van der Waals surface area contributed by atoms with Gasteiger partial charge in [0, 0.05) is 11.3 Å². The molecule has 0 aliphatic heterocycles. The van der Waals surface area contributed by atoms with Crippen LogP contribution in [0, 0.1) is 0 Å². The lowest BCUT2D eigenvalue weighted by Gasteiger charge is -2.13. The Hall–Kier alpha value is -2.95. The van der Waals surface area contributed by atoms with Gasteiger partial charge in [-0.3, -0.25) is 14.1 Å². The van der Waals surface area contributed by atoms with Crippen LogP contribution in [0.4, 0.5) is 5.69 Å². The van der Waals surface area contributed by atoms with E-state index in [1.54, 1.807) is 35.6 Å². The molecule has 0 saturated heterocycles. The fourth-order valence-corrected chi connectivity index (χ4v) is 5.44. The van der Waals surface area contributed by atoms with Crippen molar-refractivity contribution in [2.24, 2.45) is 0 Å². The quantitative estimate of drug-likeness (QED) is 0.263. The van der Waals surface area contributed by atoms with Crippen LogP contribution in [-0.2, 0) is 16.6 Å². The van der Waals surface area contributed by atoms with Crippen LogP contribution in [0.2, 0.25) is 0 Å². The summed E-state index contributed by atoms with van der Waals surface area (Å²) in [4.78, 5) is 14.0. The van der Waals surface area contributed by atoms with Crippen molar-refractivity contribution in [2.75, 3.05) is 11.0 Å². The Morgan fingerprint density at radius 3 is 2.42 bits per heavy atom. The molecule has 0 radical (unpaired) electrons. The summed E-state index contributed by atoms with van der Waals surface area (Å²) in [6.45, 7) is 2.43. The van der Waals surface area contributed by atoms with Gasteiger partial charge in [-0.2, -0.15) is 0 Å². The molecule has 10 heteroatoms. The molecule has 2 heterocycles. The minimum Gasteiger partial charge on any atom is -0.297 e. The summed E-state index contributed by atoms with van der Waals surface area (Å²) in [6, 6.07) is 20.4. The summed E-state index contributed by atoms with van der Waals surface area (Å²) in [6.07, 6.45) is 1.08. The molecular formula is C23H22N4O3S3. The van der Waals surface area contributed by atoms with E-state index in [2.05, 4.69) is 14.9 Å².